The Morgan fingerprint density at radius 1 is 0.509 bits per heavy atom. The highest BCUT2D eigenvalue weighted by Gasteiger charge is 2.19. The summed E-state index contributed by atoms with van der Waals surface area (Å²) in [7, 11) is 0. The Labute approximate surface area is 322 Å². The van der Waals surface area contributed by atoms with Crippen molar-refractivity contribution < 1.29 is 9.47 Å². The van der Waals surface area contributed by atoms with Gasteiger partial charge in [0, 0.05) is 58.8 Å². The highest BCUT2D eigenvalue weighted by molar-refractivity contribution is 6.09. The number of ether oxygens (including phenoxy) is 2. The van der Waals surface area contributed by atoms with Gasteiger partial charge in [0.15, 0.2) is 0 Å². The van der Waals surface area contributed by atoms with Crippen molar-refractivity contribution in [2.45, 2.75) is 54.4 Å². The topological polar surface area (TPSA) is 75.0 Å². The summed E-state index contributed by atoms with van der Waals surface area (Å²) in [6.07, 6.45) is 9.03. The van der Waals surface area contributed by atoms with E-state index in [1.165, 1.54) is 0 Å². The van der Waals surface area contributed by atoms with Crippen LogP contribution in [-0.4, -0.2) is 24.5 Å². The van der Waals surface area contributed by atoms with Crippen LogP contribution in [0.5, 0.6) is 23.0 Å². The number of benzene rings is 4. The molecule has 4 aromatic heterocycles. The Morgan fingerprint density at radius 3 is 1.42 bits per heavy atom. The molecule has 0 amide bonds. The minimum Gasteiger partial charge on any atom is -0.457 e. The number of hydrogen-bond acceptors (Lipinski definition) is 6. The van der Waals surface area contributed by atoms with Crippen LogP contribution in [0.25, 0.3) is 50.3 Å². The molecule has 0 aliphatic rings. The maximum absolute atomic E-state index is 6.79. The highest BCUT2D eigenvalue weighted by atomic mass is 16.5. The molecule has 0 aliphatic carbocycles. The van der Waals surface area contributed by atoms with E-state index in [9.17, 15) is 0 Å². The Hall–Kier alpha value is -6.34. The summed E-state index contributed by atoms with van der Waals surface area (Å²) in [6, 6.07) is 35.4. The van der Waals surface area contributed by atoms with E-state index >= 15 is 0 Å². The fraction of sp³-hybridized carbons (Fsp3) is 0.208. The summed E-state index contributed by atoms with van der Waals surface area (Å²) in [5.41, 5.74) is 10.4. The van der Waals surface area contributed by atoms with E-state index in [1.807, 2.05) is 42.7 Å². The third kappa shape index (κ3) is 7.69. The van der Waals surface area contributed by atoms with Gasteiger partial charge < -0.3 is 9.47 Å². The van der Waals surface area contributed by atoms with E-state index in [-0.39, 0.29) is 0 Å². The number of aromatic nitrogens is 5. The van der Waals surface area contributed by atoms with Crippen molar-refractivity contribution in [3.63, 3.8) is 0 Å². The molecule has 0 saturated heterocycles. The molecule has 0 radical (unpaired) electrons. The molecule has 8 aromatic rings. The van der Waals surface area contributed by atoms with E-state index in [0.717, 1.165) is 102 Å². The summed E-state index contributed by atoms with van der Waals surface area (Å²) in [5, 5.41) is 2.13. The lowest BCUT2D eigenvalue weighted by molar-refractivity contribution is 0.471. The molecule has 0 saturated carbocycles. The van der Waals surface area contributed by atoms with Crippen LogP contribution >= 0.6 is 0 Å². The van der Waals surface area contributed by atoms with Gasteiger partial charge in [-0.3, -0.25) is 14.5 Å². The molecule has 0 bridgehead atoms. The SMILES string of the molecule is Cc1ccnc(-c2ccc(CC(C)C)c(Oc3ccc4c5ccc(Oc6cc(-c7cc(C)ccn7)ccc6CC(C)C)cc5n(-c5ncccn5)c4c3)c2)c1. The molecule has 274 valence electrons. The number of pyridine rings is 2. The van der Waals surface area contributed by atoms with Crippen molar-refractivity contribution in [3.05, 3.63) is 150 Å². The largest absolute Gasteiger partial charge is 0.457 e. The first-order chi connectivity index (χ1) is 26.7. The lowest BCUT2D eigenvalue weighted by Gasteiger charge is -2.15. The van der Waals surface area contributed by atoms with Crippen LogP contribution in [-0.2, 0) is 12.8 Å². The predicted molar refractivity (Wildman–Crippen MR) is 222 cm³/mol. The Kier molecular flexibility index (Phi) is 9.85. The maximum Gasteiger partial charge on any atom is 0.234 e. The molecule has 0 fully saturated rings. The first-order valence-corrected chi connectivity index (χ1v) is 19.0. The molecule has 8 rings (SSSR count). The number of nitrogens with zero attached hydrogens (tertiary/aromatic N) is 5. The maximum atomic E-state index is 6.79. The van der Waals surface area contributed by atoms with Gasteiger partial charge in [0.1, 0.15) is 23.0 Å². The Morgan fingerprint density at radius 2 is 0.982 bits per heavy atom. The molecule has 55 heavy (non-hydrogen) atoms. The molecule has 7 nitrogen and oxygen atoms in total. The van der Waals surface area contributed by atoms with Crippen LogP contribution in [0.4, 0.5) is 0 Å². The van der Waals surface area contributed by atoms with Crippen molar-refractivity contribution in [2.75, 3.05) is 0 Å². The number of fused-ring (bicyclic) bond motifs is 3. The predicted octanol–water partition coefficient (Wildman–Crippen LogP) is 12.3. The minimum absolute atomic E-state index is 0.463. The van der Waals surface area contributed by atoms with Crippen LogP contribution < -0.4 is 9.47 Å². The average Bonchev–Trinajstić information content (AvgIpc) is 3.49. The second-order valence-corrected chi connectivity index (χ2v) is 15.2. The third-order valence-electron chi connectivity index (χ3n) is 9.73. The van der Waals surface area contributed by atoms with Crippen LogP contribution in [0.15, 0.2) is 128 Å². The van der Waals surface area contributed by atoms with Gasteiger partial charge in [-0.25, -0.2) is 9.97 Å². The summed E-state index contributed by atoms with van der Waals surface area (Å²) in [4.78, 5) is 18.7. The zero-order valence-electron chi connectivity index (χ0n) is 32.2. The van der Waals surface area contributed by atoms with Gasteiger partial charge in [-0.2, -0.15) is 0 Å². The minimum atomic E-state index is 0.463. The quantitative estimate of drug-likeness (QED) is 0.132. The van der Waals surface area contributed by atoms with E-state index < -0.39 is 0 Å². The van der Waals surface area contributed by atoms with E-state index in [0.29, 0.717) is 17.8 Å². The molecular weight excluding hydrogens is 679 g/mol. The number of aryl methyl sites for hydroxylation is 2. The molecule has 0 atom stereocenters. The zero-order chi connectivity index (χ0) is 38.1. The van der Waals surface area contributed by atoms with Crippen LogP contribution in [0.1, 0.15) is 49.9 Å². The van der Waals surface area contributed by atoms with Gasteiger partial charge in [-0.15, -0.1) is 0 Å². The van der Waals surface area contributed by atoms with Crippen molar-refractivity contribution in [2.24, 2.45) is 11.8 Å². The van der Waals surface area contributed by atoms with Gasteiger partial charge in [0.05, 0.1) is 22.4 Å². The fourth-order valence-electron chi connectivity index (χ4n) is 7.20. The highest BCUT2D eigenvalue weighted by Crippen LogP contribution is 2.39. The van der Waals surface area contributed by atoms with Gasteiger partial charge in [0.2, 0.25) is 5.95 Å². The second kappa shape index (κ2) is 15.2. The molecule has 0 unspecified atom stereocenters. The molecular formula is C48H45N5O2. The molecule has 4 heterocycles. The number of rotatable bonds is 11. The molecule has 0 spiro atoms. The normalized spacial score (nSPS) is 11.6. The fourth-order valence-corrected chi connectivity index (χ4v) is 7.20. The smallest absolute Gasteiger partial charge is 0.234 e. The lowest BCUT2D eigenvalue weighted by atomic mass is 9.99. The van der Waals surface area contributed by atoms with Crippen molar-refractivity contribution in [1.29, 1.82) is 0 Å². The van der Waals surface area contributed by atoms with Crippen molar-refractivity contribution >= 4 is 21.8 Å². The Balaban J connectivity index is 1.22. The lowest BCUT2D eigenvalue weighted by Crippen LogP contribution is -2.01. The van der Waals surface area contributed by atoms with Gasteiger partial charge in [0.25, 0.3) is 0 Å². The summed E-state index contributed by atoms with van der Waals surface area (Å²) < 4.78 is 15.7. The van der Waals surface area contributed by atoms with E-state index in [4.69, 9.17) is 19.4 Å². The average molecular weight is 724 g/mol. The summed E-state index contributed by atoms with van der Waals surface area (Å²) in [5.74, 6) is 4.59. The molecule has 0 N–H and O–H groups in total. The zero-order valence-corrected chi connectivity index (χ0v) is 32.2. The van der Waals surface area contributed by atoms with Gasteiger partial charge in [-0.05, 0) is 128 Å². The summed E-state index contributed by atoms with van der Waals surface area (Å²) >= 11 is 0. The van der Waals surface area contributed by atoms with Crippen molar-refractivity contribution in [1.82, 2.24) is 24.5 Å². The number of hydrogen-bond donors (Lipinski definition) is 0. The monoisotopic (exact) mass is 723 g/mol. The Bertz CT molecular complexity index is 2480. The van der Waals surface area contributed by atoms with Gasteiger partial charge >= 0.3 is 0 Å². The van der Waals surface area contributed by atoms with E-state index in [2.05, 4.69) is 129 Å². The molecule has 0 aliphatic heterocycles. The standard InChI is InChI=1S/C48H45N5O2/c1-30(2)22-36-10-8-34(42-24-32(5)16-20-49-42)26-46(36)54-38-12-14-40-41-15-13-39(29-45(41)53(44(40)28-38)48-51-18-7-19-52-48)55-47-27-35(9-11-37(47)23-31(3)4)43-25-33(6)17-21-50-43/h7-21,24-31H,22-23H2,1-6H3. The summed E-state index contributed by atoms with van der Waals surface area (Å²) in [6.45, 7) is 13.1. The van der Waals surface area contributed by atoms with E-state index in [1.54, 1.807) is 12.4 Å². The first kappa shape index (κ1) is 35.7. The third-order valence-corrected chi connectivity index (χ3v) is 9.73. The molecule has 7 heteroatoms. The molecule has 4 aromatic carbocycles. The van der Waals surface area contributed by atoms with Crippen molar-refractivity contribution in [3.8, 4) is 51.5 Å². The first-order valence-electron chi connectivity index (χ1n) is 19.0. The van der Waals surface area contributed by atoms with Crippen LogP contribution in [0.3, 0.4) is 0 Å². The van der Waals surface area contributed by atoms with Gasteiger partial charge in [-0.1, -0.05) is 52.0 Å². The van der Waals surface area contributed by atoms with Crippen LogP contribution in [0.2, 0.25) is 0 Å². The second-order valence-electron chi connectivity index (χ2n) is 15.2. The van der Waals surface area contributed by atoms with Crippen LogP contribution in [0, 0.1) is 25.7 Å².